The first-order valence-electron chi connectivity index (χ1n) is 7.88. The molecule has 2 atom stereocenters. The van der Waals surface area contributed by atoms with Gasteiger partial charge < -0.3 is 10.2 Å². The molecular weight excluding hydrogens is 290 g/mol. The van der Waals surface area contributed by atoms with Gasteiger partial charge in [0, 0.05) is 32.6 Å². The van der Waals surface area contributed by atoms with Gasteiger partial charge in [0.15, 0.2) is 0 Å². The van der Waals surface area contributed by atoms with E-state index in [-0.39, 0.29) is 23.8 Å². The van der Waals surface area contributed by atoms with Crippen LogP contribution in [-0.4, -0.2) is 42.9 Å². The van der Waals surface area contributed by atoms with E-state index < -0.39 is 0 Å². The molecule has 2 rings (SSSR count). The zero-order chi connectivity index (χ0) is 16.7. The standard InChI is InChI=1S/C18H23N3O2/c1-3-10-20-17(15-7-5-4-6-8-15)16-9-12-21(18(16)23)13-11-19-14(2)22/h1,4-8,16-17,20H,9-13H2,2H3,(H,19,22)/t16-,17+/m1/s1. The molecule has 0 saturated carbocycles. The predicted octanol–water partition coefficient (Wildman–Crippen LogP) is 0.935. The van der Waals surface area contributed by atoms with Crippen LogP contribution in [0.25, 0.3) is 0 Å². The Balaban J connectivity index is 2.04. The molecule has 23 heavy (non-hydrogen) atoms. The average molecular weight is 313 g/mol. The fraction of sp³-hybridized carbons (Fsp3) is 0.444. The topological polar surface area (TPSA) is 61.4 Å². The van der Waals surface area contributed by atoms with E-state index in [0.29, 0.717) is 26.2 Å². The SMILES string of the molecule is C#CCN[C@@H](c1ccccc1)[C@H]1CCN(CCNC(C)=O)C1=O. The van der Waals surface area contributed by atoms with E-state index in [4.69, 9.17) is 6.42 Å². The number of hydrogen-bond acceptors (Lipinski definition) is 3. The molecule has 1 aliphatic rings. The summed E-state index contributed by atoms with van der Waals surface area (Å²) in [5, 5.41) is 6.03. The Morgan fingerprint density at radius 2 is 2.17 bits per heavy atom. The second-order valence-corrected chi connectivity index (χ2v) is 5.68. The highest BCUT2D eigenvalue weighted by atomic mass is 16.2. The molecule has 0 aromatic heterocycles. The Bertz CT molecular complexity index is 580. The number of rotatable bonds is 7. The molecule has 5 nitrogen and oxygen atoms in total. The molecule has 0 spiro atoms. The predicted molar refractivity (Wildman–Crippen MR) is 89.4 cm³/mol. The van der Waals surface area contributed by atoms with Crippen molar-refractivity contribution in [1.82, 2.24) is 15.5 Å². The summed E-state index contributed by atoms with van der Waals surface area (Å²) in [6.45, 7) is 3.65. The first-order chi connectivity index (χ1) is 11.1. The summed E-state index contributed by atoms with van der Waals surface area (Å²) in [6, 6.07) is 9.84. The van der Waals surface area contributed by atoms with Gasteiger partial charge in [0.1, 0.15) is 0 Å². The van der Waals surface area contributed by atoms with Crippen molar-refractivity contribution < 1.29 is 9.59 Å². The van der Waals surface area contributed by atoms with E-state index in [9.17, 15) is 9.59 Å². The maximum atomic E-state index is 12.7. The molecular formula is C18H23N3O2. The minimum Gasteiger partial charge on any atom is -0.355 e. The number of likely N-dealkylation sites (tertiary alicyclic amines) is 1. The second kappa shape index (κ2) is 8.35. The molecule has 1 fully saturated rings. The van der Waals surface area contributed by atoms with Crippen molar-refractivity contribution in [3.05, 3.63) is 35.9 Å². The van der Waals surface area contributed by atoms with Gasteiger partial charge >= 0.3 is 0 Å². The van der Waals surface area contributed by atoms with Gasteiger partial charge in [-0.05, 0) is 12.0 Å². The van der Waals surface area contributed by atoms with E-state index in [1.807, 2.05) is 35.2 Å². The molecule has 5 heteroatoms. The highest BCUT2D eigenvalue weighted by Crippen LogP contribution is 2.31. The summed E-state index contributed by atoms with van der Waals surface area (Å²) in [5.41, 5.74) is 1.07. The Morgan fingerprint density at radius 1 is 1.43 bits per heavy atom. The van der Waals surface area contributed by atoms with Gasteiger partial charge in [-0.1, -0.05) is 36.3 Å². The summed E-state index contributed by atoms with van der Waals surface area (Å²) < 4.78 is 0. The van der Waals surface area contributed by atoms with Gasteiger partial charge in [-0.3, -0.25) is 14.9 Å². The summed E-state index contributed by atoms with van der Waals surface area (Å²) in [6.07, 6.45) is 6.15. The largest absolute Gasteiger partial charge is 0.355 e. The lowest BCUT2D eigenvalue weighted by Gasteiger charge is -2.24. The van der Waals surface area contributed by atoms with Gasteiger partial charge in [0.25, 0.3) is 0 Å². The minimum absolute atomic E-state index is 0.0777. The minimum atomic E-state index is -0.122. The molecule has 1 aromatic carbocycles. The van der Waals surface area contributed by atoms with Crippen LogP contribution in [0.2, 0.25) is 0 Å². The second-order valence-electron chi connectivity index (χ2n) is 5.68. The van der Waals surface area contributed by atoms with E-state index >= 15 is 0 Å². The summed E-state index contributed by atoms with van der Waals surface area (Å²) >= 11 is 0. The number of nitrogens with zero attached hydrogens (tertiary/aromatic N) is 1. The van der Waals surface area contributed by atoms with Crippen molar-refractivity contribution in [1.29, 1.82) is 0 Å². The molecule has 0 radical (unpaired) electrons. The van der Waals surface area contributed by atoms with E-state index in [1.165, 1.54) is 6.92 Å². The first kappa shape index (κ1) is 17.0. The van der Waals surface area contributed by atoms with Gasteiger partial charge in [-0.15, -0.1) is 6.42 Å². The maximum absolute atomic E-state index is 12.7. The van der Waals surface area contributed by atoms with E-state index in [1.54, 1.807) is 0 Å². The monoisotopic (exact) mass is 313 g/mol. The third kappa shape index (κ3) is 4.57. The lowest BCUT2D eigenvalue weighted by atomic mass is 9.91. The summed E-state index contributed by atoms with van der Waals surface area (Å²) in [7, 11) is 0. The van der Waals surface area contributed by atoms with Gasteiger partial charge in [-0.25, -0.2) is 0 Å². The molecule has 2 N–H and O–H groups in total. The highest BCUT2D eigenvalue weighted by molar-refractivity contribution is 5.82. The number of carbonyl (C=O) groups excluding carboxylic acids is 2. The molecule has 2 amide bonds. The molecule has 0 aliphatic carbocycles. The smallest absolute Gasteiger partial charge is 0.227 e. The third-order valence-corrected chi connectivity index (χ3v) is 4.08. The number of nitrogens with one attached hydrogen (secondary N) is 2. The van der Waals surface area contributed by atoms with Crippen molar-refractivity contribution >= 4 is 11.8 Å². The number of amides is 2. The number of hydrogen-bond donors (Lipinski definition) is 2. The molecule has 0 bridgehead atoms. The van der Waals surface area contributed by atoms with Crippen LogP contribution in [0.15, 0.2) is 30.3 Å². The van der Waals surface area contributed by atoms with Crippen LogP contribution in [0.3, 0.4) is 0 Å². The summed E-state index contributed by atoms with van der Waals surface area (Å²) in [4.78, 5) is 25.4. The third-order valence-electron chi connectivity index (χ3n) is 4.08. The van der Waals surface area contributed by atoms with Crippen LogP contribution >= 0.6 is 0 Å². The molecule has 1 saturated heterocycles. The van der Waals surface area contributed by atoms with Crippen molar-refractivity contribution in [2.24, 2.45) is 5.92 Å². The zero-order valence-electron chi connectivity index (χ0n) is 13.4. The maximum Gasteiger partial charge on any atom is 0.227 e. The van der Waals surface area contributed by atoms with Crippen molar-refractivity contribution in [2.75, 3.05) is 26.2 Å². The van der Waals surface area contributed by atoms with Crippen LogP contribution in [0.4, 0.5) is 0 Å². The van der Waals surface area contributed by atoms with Crippen molar-refractivity contribution in [2.45, 2.75) is 19.4 Å². The Kier molecular flexibility index (Phi) is 6.19. The van der Waals surface area contributed by atoms with E-state index in [0.717, 1.165) is 12.0 Å². The molecule has 0 unspecified atom stereocenters. The van der Waals surface area contributed by atoms with E-state index in [2.05, 4.69) is 16.6 Å². The van der Waals surface area contributed by atoms with Crippen LogP contribution in [0.5, 0.6) is 0 Å². The lowest BCUT2D eigenvalue weighted by Crippen LogP contribution is -2.38. The molecule has 1 aliphatic heterocycles. The summed E-state index contributed by atoms with van der Waals surface area (Å²) in [5.74, 6) is 2.50. The lowest BCUT2D eigenvalue weighted by molar-refractivity contribution is -0.132. The van der Waals surface area contributed by atoms with Crippen molar-refractivity contribution in [3.63, 3.8) is 0 Å². The number of carbonyl (C=O) groups is 2. The van der Waals surface area contributed by atoms with Crippen LogP contribution < -0.4 is 10.6 Å². The number of benzene rings is 1. The quantitative estimate of drug-likeness (QED) is 0.736. The Hall–Kier alpha value is -2.32. The zero-order valence-corrected chi connectivity index (χ0v) is 13.4. The van der Waals surface area contributed by atoms with Crippen LogP contribution in [0.1, 0.15) is 24.9 Å². The molecule has 122 valence electrons. The fourth-order valence-electron chi connectivity index (χ4n) is 2.98. The Morgan fingerprint density at radius 3 is 2.83 bits per heavy atom. The first-order valence-corrected chi connectivity index (χ1v) is 7.88. The van der Waals surface area contributed by atoms with Crippen molar-refractivity contribution in [3.8, 4) is 12.3 Å². The van der Waals surface area contributed by atoms with Gasteiger partial charge in [0.05, 0.1) is 12.5 Å². The molecule has 1 aromatic rings. The fourth-order valence-corrected chi connectivity index (χ4v) is 2.98. The average Bonchev–Trinajstić information content (AvgIpc) is 2.90. The Labute approximate surface area is 137 Å². The van der Waals surface area contributed by atoms with Crippen LogP contribution in [0, 0.1) is 18.3 Å². The highest BCUT2D eigenvalue weighted by Gasteiger charge is 2.37. The normalized spacial score (nSPS) is 18.5. The molecule has 1 heterocycles. The van der Waals surface area contributed by atoms with Crippen LogP contribution in [-0.2, 0) is 9.59 Å². The van der Waals surface area contributed by atoms with Gasteiger partial charge in [-0.2, -0.15) is 0 Å². The van der Waals surface area contributed by atoms with Gasteiger partial charge in [0.2, 0.25) is 11.8 Å². The number of terminal acetylenes is 1.